The van der Waals surface area contributed by atoms with E-state index in [1.165, 1.54) is 42.1 Å². The zero-order valence-electron chi connectivity index (χ0n) is 18.8. The third kappa shape index (κ3) is 7.43. The van der Waals surface area contributed by atoms with Crippen molar-refractivity contribution in [1.82, 2.24) is 5.43 Å². The first-order valence-electron chi connectivity index (χ1n) is 10.4. The van der Waals surface area contributed by atoms with Crippen LogP contribution in [0.1, 0.15) is 53.9 Å². The maximum atomic E-state index is 12.0. The normalized spacial score (nSPS) is 17.6. The van der Waals surface area contributed by atoms with Crippen molar-refractivity contribution in [2.75, 3.05) is 5.43 Å². The minimum atomic E-state index is -0.243. The number of aromatic hydroxyl groups is 1. The van der Waals surface area contributed by atoms with Crippen LogP contribution in [-0.4, -0.2) is 11.0 Å². The lowest BCUT2D eigenvalue weighted by Crippen LogP contribution is -2.27. The van der Waals surface area contributed by atoms with Crippen LogP contribution in [0.4, 0.5) is 5.69 Å². The van der Waals surface area contributed by atoms with Crippen LogP contribution in [0, 0.1) is 5.41 Å². The summed E-state index contributed by atoms with van der Waals surface area (Å²) in [4.78, 5) is 12.0. The van der Waals surface area contributed by atoms with Gasteiger partial charge in [-0.15, -0.1) is 0 Å². The van der Waals surface area contributed by atoms with Gasteiger partial charge < -0.3 is 5.11 Å². The fraction of sp³-hybridized carbons (Fsp3) is 0.346. The van der Waals surface area contributed by atoms with E-state index in [0.717, 1.165) is 5.57 Å². The van der Waals surface area contributed by atoms with E-state index in [1.807, 2.05) is 25.2 Å². The Morgan fingerprint density at radius 3 is 2.47 bits per heavy atom. The molecular formula is C26H34N2O2. The van der Waals surface area contributed by atoms with E-state index in [-0.39, 0.29) is 17.1 Å². The Labute approximate surface area is 180 Å². The molecule has 0 radical (unpaired) electrons. The average Bonchev–Trinajstić information content (AvgIpc) is 2.66. The van der Waals surface area contributed by atoms with Crippen molar-refractivity contribution in [3.8, 4) is 5.75 Å². The van der Waals surface area contributed by atoms with Crippen LogP contribution >= 0.6 is 0 Å². The highest BCUT2D eigenvalue weighted by molar-refractivity contribution is 5.89. The van der Waals surface area contributed by atoms with Crippen molar-refractivity contribution in [3.05, 3.63) is 83.0 Å². The molecule has 4 nitrogen and oxygen atoms in total. The van der Waals surface area contributed by atoms with Crippen LogP contribution in [0.5, 0.6) is 5.75 Å². The second-order valence-electron chi connectivity index (χ2n) is 8.58. The molecule has 0 heterocycles. The molecule has 30 heavy (non-hydrogen) atoms. The molecule has 0 aliphatic heterocycles. The Bertz CT molecular complexity index is 897. The van der Waals surface area contributed by atoms with Crippen LogP contribution in [0.3, 0.4) is 0 Å². The van der Waals surface area contributed by atoms with Gasteiger partial charge in [0.1, 0.15) is 5.75 Å². The number of amides is 1. The van der Waals surface area contributed by atoms with E-state index in [0.29, 0.717) is 5.69 Å². The number of hydrazine groups is 1. The smallest absolute Gasteiger partial charge is 0.262 e. The van der Waals surface area contributed by atoms with E-state index in [4.69, 9.17) is 0 Å². The summed E-state index contributed by atoms with van der Waals surface area (Å²) in [6.45, 7) is 10.9. The lowest BCUT2D eigenvalue weighted by atomic mass is 9.72. The summed E-state index contributed by atoms with van der Waals surface area (Å²) >= 11 is 0. The molecule has 0 spiro atoms. The van der Waals surface area contributed by atoms with Crippen LogP contribution in [-0.2, 0) is 4.79 Å². The Kier molecular flexibility index (Phi) is 8.28. The predicted molar refractivity (Wildman–Crippen MR) is 126 cm³/mol. The second kappa shape index (κ2) is 10.7. The third-order valence-electron chi connectivity index (χ3n) is 5.33. The standard InChI is InChI=1S/C26H34N2O2/c1-19(11-16-24-21(3)10-7-17-26(24,4)5)8-6-9-20(2)18-25(30)28-27-22-12-14-23(29)15-13-22/h6,8-9,11-16,18,27,29H,7,10,17H2,1-5H3,(H,28,30). The molecule has 0 unspecified atom stereocenters. The van der Waals surface area contributed by atoms with E-state index in [9.17, 15) is 9.90 Å². The quantitative estimate of drug-likeness (QED) is 0.213. The minimum Gasteiger partial charge on any atom is -0.508 e. The van der Waals surface area contributed by atoms with Crippen molar-refractivity contribution in [1.29, 1.82) is 0 Å². The van der Waals surface area contributed by atoms with Gasteiger partial charge in [-0.1, -0.05) is 55.4 Å². The molecule has 4 heteroatoms. The molecule has 2 rings (SSSR count). The highest BCUT2D eigenvalue weighted by atomic mass is 16.3. The summed E-state index contributed by atoms with van der Waals surface area (Å²) in [5.41, 5.74) is 11.3. The maximum absolute atomic E-state index is 12.0. The summed E-state index contributed by atoms with van der Waals surface area (Å²) in [5, 5.41) is 9.27. The second-order valence-corrected chi connectivity index (χ2v) is 8.58. The molecule has 0 fully saturated rings. The van der Waals surface area contributed by atoms with Crippen LogP contribution in [0.15, 0.2) is 83.0 Å². The number of allylic oxidation sites excluding steroid dienone is 9. The molecule has 1 aromatic rings. The zero-order chi connectivity index (χ0) is 22.1. The fourth-order valence-electron chi connectivity index (χ4n) is 3.60. The average molecular weight is 407 g/mol. The molecule has 0 saturated heterocycles. The summed E-state index contributed by atoms with van der Waals surface area (Å²) in [7, 11) is 0. The molecular weight excluding hydrogens is 372 g/mol. The highest BCUT2D eigenvalue weighted by Gasteiger charge is 2.26. The molecule has 1 amide bonds. The summed E-state index contributed by atoms with van der Waals surface area (Å²) < 4.78 is 0. The van der Waals surface area contributed by atoms with Crippen molar-refractivity contribution in [2.24, 2.45) is 5.41 Å². The Morgan fingerprint density at radius 1 is 1.10 bits per heavy atom. The van der Waals surface area contributed by atoms with Gasteiger partial charge >= 0.3 is 0 Å². The summed E-state index contributed by atoms with van der Waals surface area (Å²) in [5.74, 6) is -0.0620. The molecule has 1 aromatic carbocycles. The van der Waals surface area contributed by atoms with Crippen molar-refractivity contribution < 1.29 is 9.90 Å². The number of carbonyl (C=O) groups excluding carboxylic acids is 1. The number of phenols is 1. The van der Waals surface area contributed by atoms with Crippen LogP contribution in [0.25, 0.3) is 0 Å². The molecule has 1 aliphatic carbocycles. The molecule has 0 aromatic heterocycles. The largest absolute Gasteiger partial charge is 0.508 e. The predicted octanol–water partition coefficient (Wildman–Crippen LogP) is 6.37. The number of hydrogen-bond donors (Lipinski definition) is 3. The first kappa shape index (κ1) is 23.3. The Morgan fingerprint density at radius 2 is 1.80 bits per heavy atom. The lowest BCUT2D eigenvalue weighted by molar-refractivity contribution is -0.116. The number of benzene rings is 1. The number of nitrogens with one attached hydrogen (secondary N) is 2. The summed E-state index contributed by atoms with van der Waals surface area (Å²) in [6, 6.07) is 6.46. The number of rotatable bonds is 7. The van der Waals surface area contributed by atoms with Gasteiger partial charge in [0.15, 0.2) is 0 Å². The number of phenolic OH excluding ortho intramolecular Hbond substituents is 1. The van der Waals surface area contributed by atoms with Gasteiger partial charge in [0, 0.05) is 6.08 Å². The Balaban J connectivity index is 1.89. The van der Waals surface area contributed by atoms with Gasteiger partial charge in [0.25, 0.3) is 5.91 Å². The number of anilines is 1. The lowest BCUT2D eigenvalue weighted by Gasteiger charge is -2.32. The van der Waals surface area contributed by atoms with Crippen LogP contribution in [0.2, 0.25) is 0 Å². The van der Waals surface area contributed by atoms with Crippen molar-refractivity contribution in [3.63, 3.8) is 0 Å². The first-order chi connectivity index (χ1) is 14.2. The van der Waals surface area contributed by atoms with Gasteiger partial charge in [-0.25, -0.2) is 0 Å². The molecule has 0 atom stereocenters. The third-order valence-corrected chi connectivity index (χ3v) is 5.33. The van der Waals surface area contributed by atoms with Crippen LogP contribution < -0.4 is 10.9 Å². The molecule has 1 aliphatic rings. The summed E-state index contributed by atoms with van der Waals surface area (Å²) in [6.07, 6.45) is 15.6. The highest BCUT2D eigenvalue weighted by Crippen LogP contribution is 2.40. The maximum Gasteiger partial charge on any atom is 0.262 e. The number of carbonyl (C=O) groups is 1. The fourth-order valence-corrected chi connectivity index (χ4v) is 3.60. The van der Waals surface area contributed by atoms with Gasteiger partial charge in [-0.05, 0) is 80.9 Å². The van der Waals surface area contributed by atoms with Gasteiger partial charge in [0.05, 0.1) is 5.69 Å². The zero-order valence-corrected chi connectivity index (χ0v) is 18.8. The SMILES string of the molecule is CC(C=CC1=C(C)CCCC1(C)C)=CC=CC(C)=CC(=O)NNc1ccc(O)cc1. The topological polar surface area (TPSA) is 61.4 Å². The van der Waals surface area contributed by atoms with E-state index < -0.39 is 0 Å². The molecule has 160 valence electrons. The van der Waals surface area contributed by atoms with Crippen molar-refractivity contribution >= 4 is 11.6 Å². The number of hydrogen-bond acceptors (Lipinski definition) is 3. The minimum absolute atomic E-state index is 0.181. The van der Waals surface area contributed by atoms with Gasteiger partial charge in [-0.2, -0.15) is 0 Å². The molecule has 0 bridgehead atoms. The van der Waals surface area contributed by atoms with Crippen molar-refractivity contribution in [2.45, 2.75) is 53.9 Å². The Hall–Kier alpha value is -3.01. The molecule has 0 saturated carbocycles. The van der Waals surface area contributed by atoms with E-state index >= 15 is 0 Å². The van der Waals surface area contributed by atoms with E-state index in [2.05, 4.69) is 50.7 Å². The molecule has 3 N–H and O–H groups in total. The monoisotopic (exact) mass is 406 g/mol. The van der Waals surface area contributed by atoms with Gasteiger partial charge in [0.2, 0.25) is 0 Å². The van der Waals surface area contributed by atoms with Gasteiger partial charge in [-0.3, -0.25) is 15.6 Å². The van der Waals surface area contributed by atoms with E-state index in [1.54, 1.807) is 24.3 Å². The first-order valence-corrected chi connectivity index (χ1v) is 10.4.